The zero-order chi connectivity index (χ0) is 22.4. The summed E-state index contributed by atoms with van der Waals surface area (Å²) in [6.45, 7) is 2.28. The molecular formula is C25H31N3O3S. The Morgan fingerprint density at radius 2 is 1.69 bits per heavy atom. The molecule has 0 aliphatic carbocycles. The van der Waals surface area contributed by atoms with Gasteiger partial charge < -0.3 is 4.90 Å². The minimum Gasteiger partial charge on any atom is -0.343 e. The molecule has 2 aromatic carbocycles. The van der Waals surface area contributed by atoms with Crippen LogP contribution in [0.2, 0.25) is 0 Å². The summed E-state index contributed by atoms with van der Waals surface area (Å²) < 4.78 is 26.7. The maximum atomic E-state index is 12.5. The second-order valence-corrected chi connectivity index (χ2v) is 10.3. The molecule has 0 spiro atoms. The van der Waals surface area contributed by atoms with Crippen LogP contribution in [0.25, 0.3) is 0 Å². The van der Waals surface area contributed by atoms with Crippen molar-refractivity contribution in [1.82, 2.24) is 9.62 Å². The highest BCUT2D eigenvalue weighted by Gasteiger charge is 2.29. The summed E-state index contributed by atoms with van der Waals surface area (Å²) >= 11 is 0. The summed E-state index contributed by atoms with van der Waals surface area (Å²) in [4.78, 5) is 19.3. The fraction of sp³-hybridized carbons (Fsp3) is 0.440. The van der Waals surface area contributed by atoms with Crippen LogP contribution in [-0.2, 0) is 21.2 Å². The first-order valence-corrected chi connectivity index (χ1v) is 13.0. The third-order valence-electron chi connectivity index (χ3n) is 6.32. The second kappa shape index (κ2) is 10.3. The molecule has 1 amide bonds. The van der Waals surface area contributed by atoms with Crippen LogP contribution in [0.1, 0.15) is 49.7 Å². The summed E-state index contributed by atoms with van der Waals surface area (Å²) in [5.74, 6) is 1.35. The predicted molar refractivity (Wildman–Crippen MR) is 126 cm³/mol. The smallest absolute Gasteiger partial charge is 0.263 e. The zero-order valence-electron chi connectivity index (χ0n) is 18.4. The van der Waals surface area contributed by atoms with E-state index in [1.54, 1.807) is 18.2 Å². The largest absolute Gasteiger partial charge is 0.343 e. The molecule has 2 heterocycles. The molecule has 7 heteroatoms. The van der Waals surface area contributed by atoms with Gasteiger partial charge >= 0.3 is 0 Å². The number of hydrogen-bond donors (Lipinski definition) is 1. The van der Waals surface area contributed by atoms with Crippen molar-refractivity contribution in [2.75, 3.05) is 19.6 Å². The maximum absolute atomic E-state index is 12.5. The van der Waals surface area contributed by atoms with Gasteiger partial charge in [-0.2, -0.15) is 0 Å². The molecule has 32 heavy (non-hydrogen) atoms. The normalized spacial score (nSPS) is 19.0. The van der Waals surface area contributed by atoms with Crippen molar-refractivity contribution in [3.05, 3.63) is 65.7 Å². The molecule has 0 bridgehead atoms. The van der Waals surface area contributed by atoms with Gasteiger partial charge in [-0.3, -0.25) is 14.5 Å². The Morgan fingerprint density at radius 1 is 0.969 bits per heavy atom. The molecule has 0 unspecified atom stereocenters. The Bertz CT molecular complexity index is 1060. The molecule has 1 saturated heterocycles. The molecule has 170 valence electrons. The fourth-order valence-electron chi connectivity index (χ4n) is 4.50. The molecule has 2 aliphatic heterocycles. The molecule has 1 fully saturated rings. The van der Waals surface area contributed by atoms with Crippen molar-refractivity contribution in [2.45, 2.75) is 49.8 Å². The summed E-state index contributed by atoms with van der Waals surface area (Å²) in [6, 6.07) is 17.5. The van der Waals surface area contributed by atoms with Crippen molar-refractivity contribution in [1.29, 1.82) is 0 Å². The van der Waals surface area contributed by atoms with Crippen LogP contribution >= 0.6 is 0 Å². The molecule has 0 saturated carbocycles. The lowest BCUT2D eigenvalue weighted by Gasteiger charge is -2.32. The average molecular weight is 454 g/mol. The van der Waals surface area contributed by atoms with Crippen molar-refractivity contribution < 1.29 is 13.2 Å². The van der Waals surface area contributed by atoms with Gasteiger partial charge in [0.1, 0.15) is 5.84 Å². The van der Waals surface area contributed by atoms with Gasteiger partial charge in [-0.15, -0.1) is 0 Å². The number of carbonyl (C=O) groups excluding carboxylic acids is 1. The third-order valence-corrected chi connectivity index (χ3v) is 7.71. The number of unbranched alkanes of at least 4 members (excludes halogenated alkanes) is 2. The SMILES string of the molecule is O=C(CCCCCN=C1NS(=O)(=O)c2ccccc21)N1CCC(Cc2ccccc2)CC1. The molecule has 2 aliphatic rings. The quantitative estimate of drug-likeness (QED) is 0.618. The van der Waals surface area contributed by atoms with E-state index in [9.17, 15) is 13.2 Å². The van der Waals surface area contributed by atoms with Crippen molar-refractivity contribution in [2.24, 2.45) is 10.9 Å². The number of amidine groups is 1. The Hall–Kier alpha value is -2.67. The topological polar surface area (TPSA) is 78.8 Å². The van der Waals surface area contributed by atoms with Gasteiger partial charge in [0.05, 0.1) is 4.90 Å². The lowest BCUT2D eigenvalue weighted by Crippen LogP contribution is -2.38. The van der Waals surface area contributed by atoms with E-state index < -0.39 is 10.0 Å². The Kier molecular flexibility index (Phi) is 7.25. The molecule has 0 radical (unpaired) electrons. The number of sulfonamides is 1. The first kappa shape index (κ1) is 22.5. The summed E-state index contributed by atoms with van der Waals surface area (Å²) in [7, 11) is -3.48. The zero-order valence-corrected chi connectivity index (χ0v) is 19.2. The lowest BCUT2D eigenvalue weighted by molar-refractivity contribution is -0.132. The second-order valence-electron chi connectivity index (χ2n) is 8.66. The van der Waals surface area contributed by atoms with E-state index in [1.807, 2.05) is 17.0 Å². The monoisotopic (exact) mass is 453 g/mol. The maximum Gasteiger partial charge on any atom is 0.263 e. The molecule has 2 aromatic rings. The number of nitrogens with one attached hydrogen (secondary N) is 1. The summed E-state index contributed by atoms with van der Waals surface area (Å²) in [5.41, 5.74) is 2.02. The van der Waals surface area contributed by atoms with Gasteiger partial charge in [0.15, 0.2) is 0 Å². The molecule has 4 rings (SSSR count). The van der Waals surface area contributed by atoms with Crippen LogP contribution in [-0.4, -0.2) is 44.7 Å². The number of rotatable bonds is 8. The van der Waals surface area contributed by atoms with Crippen LogP contribution < -0.4 is 4.72 Å². The standard InChI is InChI=1S/C25H31N3O3S/c29-24(28-17-14-21(15-18-28)19-20-9-3-1-4-10-20)13-5-2-8-16-26-25-22-11-6-7-12-23(22)32(30,31)27-25/h1,3-4,6-7,9-12,21H,2,5,8,13-19H2,(H,26,27). The Balaban J connectivity index is 1.13. The van der Waals surface area contributed by atoms with Crippen LogP contribution in [0, 0.1) is 5.92 Å². The number of aliphatic imine (C=N–C) groups is 1. The van der Waals surface area contributed by atoms with E-state index in [-0.39, 0.29) is 10.8 Å². The van der Waals surface area contributed by atoms with E-state index >= 15 is 0 Å². The van der Waals surface area contributed by atoms with Gasteiger partial charge in [0.2, 0.25) is 5.91 Å². The number of nitrogens with zero attached hydrogens (tertiary/aromatic N) is 2. The number of amides is 1. The molecule has 6 nitrogen and oxygen atoms in total. The molecule has 0 atom stereocenters. The average Bonchev–Trinajstić information content (AvgIpc) is 3.07. The van der Waals surface area contributed by atoms with Crippen LogP contribution in [0.4, 0.5) is 0 Å². The minimum atomic E-state index is -3.48. The van der Waals surface area contributed by atoms with E-state index in [2.05, 4.69) is 34.0 Å². The highest BCUT2D eigenvalue weighted by molar-refractivity contribution is 7.90. The molecule has 0 aromatic heterocycles. The molecular weight excluding hydrogens is 422 g/mol. The first-order chi connectivity index (χ1) is 15.5. The van der Waals surface area contributed by atoms with Gasteiger partial charge in [-0.25, -0.2) is 8.42 Å². The third kappa shape index (κ3) is 5.57. The van der Waals surface area contributed by atoms with E-state index in [1.165, 1.54) is 5.56 Å². The van der Waals surface area contributed by atoms with Gasteiger partial charge in [-0.05, 0) is 55.7 Å². The summed E-state index contributed by atoms with van der Waals surface area (Å²) in [6.07, 6.45) is 6.42. The Morgan fingerprint density at radius 3 is 2.47 bits per heavy atom. The predicted octanol–water partition coefficient (Wildman–Crippen LogP) is 3.77. The van der Waals surface area contributed by atoms with Gasteiger partial charge in [0.25, 0.3) is 10.0 Å². The van der Waals surface area contributed by atoms with E-state index in [4.69, 9.17) is 0 Å². The number of likely N-dealkylation sites (tertiary alicyclic amines) is 1. The lowest BCUT2D eigenvalue weighted by atomic mass is 9.90. The number of benzene rings is 2. The first-order valence-electron chi connectivity index (χ1n) is 11.5. The number of piperidine rings is 1. The number of carbonyl (C=O) groups is 1. The van der Waals surface area contributed by atoms with Gasteiger partial charge in [-0.1, -0.05) is 48.9 Å². The van der Waals surface area contributed by atoms with Crippen LogP contribution in [0.15, 0.2) is 64.5 Å². The van der Waals surface area contributed by atoms with Crippen molar-refractivity contribution >= 4 is 21.8 Å². The van der Waals surface area contributed by atoms with E-state index in [0.29, 0.717) is 30.3 Å². The molecule has 1 N–H and O–H groups in total. The van der Waals surface area contributed by atoms with Crippen molar-refractivity contribution in [3.63, 3.8) is 0 Å². The van der Waals surface area contributed by atoms with Gasteiger partial charge in [0, 0.05) is 31.6 Å². The van der Waals surface area contributed by atoms with Crippen LogP contribution in [0.5, 0.6) is 0 Å². The Labute approximate surface area is 190 Å². The summed E-state index contributed by atoms with van der Waals surface area (Å²) in [5, 5.41) is 0. The highest BCUT2D eigenvalue weighted by atomic mass is 32.2. The van der Waals surface area contributed by atoms with Crippen molar-refractivity contribution in [3.8, 4) is 0 Å². The number of fused-ring (bicyclic) bond motifs is 1. The highest BCUT2D eigenvalue weighted by Crippen LogP contribution is 2.23. The van der Waals surface area contributed by atoms with E-state index in [0.717, 1.165) is 51.6 Å². The number of hydrogen-bond acceptors (Lipinski definition) is 4. The fourth-order valence-corrected chi connectivity index (χ4v) is 5.75. The van der Waals surface area contributed by atoms with Crippen LogP contribution in [0.3, 0.4) is 0 Å². The minimum absolute atomic E-state index is 0.256.